The van der Waals surface area contributed by atoms with Gasteiger partial charge in [0, 0.05) is 24.4 Å². The van der Waals surface area contributed by atoms with Crippen LogP contribution in [0, 0.1) is 12.7 Å². The van der Waals surface area contributed by atoms with Crippen molar-refractivity contribution in [2.24, 2.45) is 0 Å². The van der Waals surface area contributed by atoms with Gasteiger partial charge in [-0.3, -0.25) is 4.79 Å². The number of hydrogen-bond acceptors (Lipinski definition) is 4. The summed E-state index contributed by atoms with van der Waals surface area (Å²) < 4.78 is 15.6. The number of amides is 1. The van der Waals surface area contributed by atoms with Crippen molar-refractivity contribution >= 4 is 32.9 Å². The Labute approximate surface area is 193 Å². The van der Waals surface area contributed by atoms with Crippen LogP contribution >= 0.6 is 15.9 Å². The zero-order valence-electron chi connectivity index (χ0n) is 17.5. The number of fused-ring (bicyclic) bond motifs is 1. The van der Waals surface area contributed by atoms with Gasteiger partial charge in [-0.15, -0.1) is 0 Å². The summed E-state index contributed by atoms with van der Waals surface area (Å²) in [4.78, 5) is 22.5. The van der Waals surface area contributed by atoms with Gasteiger partial charge in [-0.1, -0.05) is 12.1 Å². The number of benzene rings is 1. The van der Waals surface area contributed by atoms with E-state index in [0.717, 1.165) is 35.2 Å². The molecule has 6 nitrogen and oxygen atoms in total. The monoisotopic (exact) mass is 493 g/mol. The quantitative estimate of drug-likeness (QED) is 0.415. The molecule has 1 saturated carbocycles. The average molecular weight is 494 g/mol. The number of hydrogen-bond donors (Lipinski definition) is 1. The molecular formula is C24H21BrFN5O. The number of nitrogens with zero attached hydrogens (tertiary/aromatic N) is 4. The number of nitrogens with one attached hydrogen (secondary N) is 1. The molecule has 1 aromatic carbocycles. The second-order valence-corrected chi connectivity index (χ2v) is 8.86. The molecule has 0 spiro atoms. The minimum Gasteiger partial charge on any atom is -0.352 e. The van der Waals surface area contributed by atoms with Crippen molar-refractivity contribution in [1.29, 1.82) is 0 Å². The summed E-state index contributed by atoms with van der Waals surface area (Å²) in [7, 11) is 0. The van der Waals surface area contributed by atoms with Crippen molar-refractivity contribution in [3.8, 4) is 5.82 Å². The van der Waals surface area contributed by atoms with E-state index in [1.165, 1.54) is 6.07 Å². The fourth-order valence-electron chi connectivity index (χ4n) is 3.83. The Bertz CT molecular complexity index is 1320. The average Bonchev–Trinajstić information content (AvgIpc) is 3.60. The Balaban J connectivity index is 1.46. The van der Waals surface area contributed by atoms with Gasteiger partial charge in [0.25, 0.3) is 5.91 Å². The first-order valence-corrected chi connectivity index (χ1v) is 11.3. The number of halogens is 2. The Kier molecular flexibility index (Phi) is 5.46. The molecule has 0 atom stereocenters. The Morgan fingerprint density at radius 1 is 1.25 bits per heavy atom. The number of carbonyl (C=O) groups is 1. The van der Waals surface area contributed by atoms with Gasteiger partial charge < -0.3 is 5.32 Å². The summed E-state index contributed by atoms with van der Waals surface area (Å²) in [5, 5.41) is 8.39. The normalized spacial score (nSPS) is 13.5. The number of aromatic nitrogens is 4. The maximum Gasteiger partial charge on any atom is 0.252 e. The third-order valence-corrected chi connectivity index (χ3v) is 6.23. The third kappa shape index (κ3) is 4.02. The summed E-state index contributed by atoms with van der Waals surface area (Å²) in [5.41, 5.74) is 3.82. The van der Waals surface area contributed by atoms with Crippen LogP contribution in [0.5, 0.6) is 0 Å². The molecule has 0 saturated heterocycles. The van der Waals surface area contributed by atoms with E-state index in [0.29, 0.717) is 40.4 Å². The number of aryl methyl sites for hydroxylation is 1. The van der Waals surface area contributed by atoms with Crippen LogP contribution in [0.25, 0.3) is 16.9 Å². The largest absolute Gasteiger partial charge is 0.352 e. The summed E-state index contributed by atoms with van der Waals surface area (Å²) in [5.74, 6) is 0.586. The lowest BCUT2D eigenvalue weighted by molar-refractivity contribution is 0.0955. The zero-order valence-corrected chi connectivity index (χ0v) is 19.1. The molecule has 0 bridgehead atoms. The van der Waals surface area contributed by atoms with Gasteiger partial charge in [0.05, 0.1) is 21.1 Å². The molecule has 0 radical (unpaired) electrons. The molecule has 8 heteroatoms. The van der Waals surface area contributed by atoms with E-state index in [1.54, 1.807) is 23.0 Å². The summed E-state index contributed by atoms with van der Waals surface area (Å²) >= 11 is 3.20. The highest BCUT2D eigenvalue weighted by Crippen LogP contribution is 2.40. The molecule has 0 aliphatic heterocycles. The molecule has 32 heavy (non-hydrogen) atoms. The van der Waals surface area contributed by atoms with Crippen LogP contribution in [0.3, 0.4) is 0 Å². The van der Waals surface area contributed by atoms with E-state index in [9.17, 15) is 9.18 Å². The van der Waals surface area contributed by atoms with E-state index < -0.39 is 0 Å². The van der Waals surface area contributed by atoms with Crippen LogP contribution in [0.4, 0.5) is 4.39 Å². The Hall–Kier alpha value is -3.13. The fourth-order valence-corrected chi connectivity index (χ4v) is 4.25. The highest BCUT2D eigenvalue weighted by Gasteiger charge is 2.29. The van der Waals surface area contributed by atoms with Crippen molar-refractivity contribution < 1.29 is 9.18 Å². The lowest BCUT2D eigenvalue weighted by Crippen LogP contribution is -2.26. The van der Waals surface area contributed by atoms with Crippen LogP contribution in [-0.2, 0) is 6.42 Å². The molecule has 3 aromatic heterocycles. The van der Waals surface area contributed by atoms with E-state index in [1.807, 2.05) is 31.2 Å². The summed E-state index contributed by atoms with van der Waals surface area (Å²) in [6.07, 6.45) is 4.47. The number of carbonyl (C=O) groups excluding carboxylic acids is 1. The minimum atomic E-state index is -0.301. The molecule has 0 unspecified atom stereocenters. The van der Waals surface area contributed by atoms with Crippen LogP contribution in [-0.4, -0.2) is 32.2 Å². The fraction of sp³-hybridized carbons (Fsp3) is 0.250. The predicted molar refractivity (Wildman–Crippen MR) is 124 cm³/mol. The van der Waals surface area contributed by atoms with Crippen molar-refractivity contribution in [3.63, 3.8) is 0 Å². The van der Waals surface area contributed by atoms with Gasteiger partial charge in [-0.25, -0.2) is 14.4 Å². The topological polar surface area (TPSA) is 72.7 Å². The van der Waals surface area contributed by atoms with E-state index >= 15 is 0 Å². The SMILES string of the molecule is Cc1nn(-c2ccccn2)c2nc(C3CC3)cc(C(=O)NCCc3ccc(F)c(Br)c3)c12. The molecular weight excluding hydrogens is 473 g/mol. The van der Waals surface area contributed by atoms with Gasteiger partial charge in [0.2, 0.25) is 0 Å². The molecule has 1 fully saturated rings. The molecule has 3 heterocycles. The first-order chi connectivity index (χ1) is 15.5. The third-order valence-electron chi connectivity index (χ3n) is 5.62. The van der Waals surface area contributed by atoms with E-state index in [-0.39, 0.29) is 11.7 Å². The summed E-state index contributed by atoms with van der Waals surface area (Å²) in [6, 6.07) is 12.4. The van der Waals surface area contributed by atoms with Gasteiger partial charge in [0.1, 0.15) is 5.82 Å². The van der Waals surface area contributed by atoms with Gasteiger partial charge in [-0.2, -0.15) is 9.78 Å². The van der Waals surface area contributed by atoms with Gasteiger partial charge in [0.15, 0.2) is 11.5 Å². The van der Waals surface area contributed by atoms with E-state index in [2.05, 4.69) is 31.3 Å². The number of pyridine rings is 2. The second-order valence-electron chi connectivity index (χ2n) is 8.01. The molecule has 5 rings (SSSR count). The first-order valence-electron chi connectivity index (χ1n) is 10.5. The maximum atomic E-state index is 13.5. The molecule has 1 amide bonds. The minimum absolute atomic E-state index is 0.163. The van der Waals surface area contributed by atoms with Crippen LogP contribution in [0.2, 0.25) is 0 Å². The molecule has 1 N–H and O–H groups in total. The van der Waals surface area contributed by atoms with Crippen molar-refractivity contribution in [2.75, 3.05) is 6.54 Å². The molecule has 162 valence electrons. The van der Waals surface area contributed by atoms with Crippen LogP contribution in [0.1, 0.15) is 46.1 Å². The highest BCUT2D eigenvalue weighted by molar-refractivity contribution is 9.10. The maximum absolute atomic E-state index is 13.5. The Morgan fingerprint density at radius 2 is 2.09 bits per heavy atom. The van der Waals surface area contributed by atoms with Gasteiger partial charge in [-0.05, 0) is 78.0 Å². The first kappa shape index (κ1) is 20.8. The predicted octanol–water partition coefficient (Wildman–Crippen LogP) is 4.88. The van der Waals surface area contributed by atoms with Crippen LogP contribution in [0.15, 0.2) is 53.1 Å². The standard InChI is InChI=1S/C24H21BrFN5O/c1-14-22-17(24(32)28-11-9-15-5-8-19(26)18(25)12-15)13-20(16-6-7-16)29-23(22)31(30-14)21-4-2-3-10-27-21/h2-5,8,10,12-13,16H,6-7,9,11H2,1H3,(H,28,32). The lowest BCUT2D eigenvalue weighted by Gasteiger charge is -2.10. The van der Waals surface area contributed by atoms with Crippen LogP contribution < -0.4 is 5.32 Å². The summed E-state index contributed by atoms with van der Waals surface area (Å²) in [6.45, 7) is 2.32. The molecule has 1 aliphatic carbocycles. The van der Waals surface area contributed by atoms with Crippen molar-refractivity contribution in [1.82, 2.24) is 25.1 Å². The van der Waals surface area contributed by atoms with E-state index in [4.69, 9.17) is 4.98 Å². The highest BCUT2D eigenvalue weighted by atomic mass is 79.9. The molecule has 1 aliphatic rings. The van der Waals surface area contributed by atoms with Crippen molar-refractivity contribution in [3.05, 3.63) is 81.5 Å². The molecule has 4 aromatic rings. The van der Waals surface area contributed by atoms with Gasteiger partial charge >= 0.3 is 0 Å². The lowest BCUT2D eigenvalue weighted by atomic mass is 10.1. The second kappa shape index (κ2) is 8.43. The smallest absolute Gasteiger partial charge is 0.252 e. The number of rotatable bonds is 6. The van der Waals surface area contributed by atoms with Crippen molar-refractivity contribution in [2.45, 2.75) is 32.1 Å². The zero-order chi connectivity index (χ0) is 22.2. The Morgan fingerprint density at radius 3 is 2.81 bits per heavy atom.